The van der Waals surface area contributed by atoms with Crippen LogP contribution in [0.4, 0.5) is 4.39 Å². The largest absolute Gasteiger partial charge is 0.481 e. The Labute approximate surface area is 139 Å². The summed E-state index contributed by atoms with van der Waals surface area (Å²) < 4.78 is 13.0. The van der Waals surface area contributed by atoms with Crippen molar-refractivity contribution >= 4 is 17.8 Å². The van der Waals surface area contributed by atoms with Crippen LogP contribution in [-0.2, 0) is 14.4 Å². The van der Waals surface area contributed by atoms with Gasteiger partial charge in [0, 0.05) is 45.4 Å². The summed E-state index contributed by atoms with van der Waals surface area (Å²) in [4.78, 5) is 38.2. The first-order chi connectivity index (χ1) is 11.4. The van der Waals surface area contributed by atoms with Gasteiger partial charge in [-0.2, -0.15) is 0 Å². The molecule has 0 unspecified atom stereocenters. The maximum Gasteiger partial charge on any atom is 0.303 e. The second kappa shape index (κ2) is 7.90. The maximum absolute atomic E-state index is 13.0. The zero-order valence-electron chi connectivity index (χ0n) is 13.6. The lowest BCUT2D eigenvalue weighted by Crippen LogP contribution is -2.50. The Morgan fingerprint density at radius 3 is 2.08 bits per heavy atom. The summed E-state index contributed by atoms with van der Waals surface area (Å²) in [5.74, 6) is -2.06. The number of amides is 2. The van der Waals surface area contributed by atoms with Crippen LogP contribution in [0.1, 0.15) is 31.2 Å². The zero-order valence-corrected chi connectivity index (χ0v) is 13.6. The van der Waals surface area contributed by atoms with Crippen LogP contribution in [-0.4, -0.2) is 58.9 Å². The molecule has 1 aliphatic heterocycles. The van der Waals surface area contributed by atoms with Gasteiger partial charge in [-0.15, -0.1) is 0 Å². The number of carbonyl (C=O) groups is 3. The summed E-state index contributed by atoms with van der Waals surface area (Å²) in [7, 11) is 0. The molecule has 0 spiro atoms. The minimum Gasteiger partial charge on any atom is -0.481 e. The summed E-state index contributed by atoms with van der Waals surface area (Å²) in [5.41, 5.74) is 0.634. The van der Waals surface area contributed by atoms with Gasteiger partial charge in [0.1, 0.15) is 5.82 Å². The second-order valence-electron chi connectivity index (χ2n) is 5.94. The van der Waals surface area contributed by atoms with Crippen molar-refractivity contribution in [2.45, 2.75) is 25.7 Å². The Hall–Kier alpha value is -2.44. The van der Waals surface area contributed by atoms with Crippen LogP contribution in [0, 0.1) is 5.82 Å². The first-order valence-corrected chi connectivity index (χ1v) is 7.87. The number of halogens is 1. The minimum atomic E-state index is -1.00. The number of rotatable bonds is 5. The summed E-state index contributed by atoms with van der Waals surface area (Å²) in [6, 6.07) is 5.56. The molecule has 0 saturated carbocycles. The highest BCUT2D eigenvalue weighted by atomic mass is 19.1. The fourth-order valence-corrected chi connectivity index (χ4v) is 2.86. The minimum absolute atomic E-state index is 0.0165. The van der Waals surface area contributed by atoms with Crippen molar-refractivity contribution in [1.82, 2.24) is 9.80 Å². The van der Waals surface area contributed by atoms with Gasteiger partial charge in [-0.3, -0.25) is 14.4 Å². The third kappa shape index (κ3) is 4.78. The van der Waals surface area contributed by atoms with Crippen LogP contribution >= 0.6 is 0 Å². The van der Waals surface area contributed by atoms with Crippen molar-refractivity contribution in [2.75, 3.05) is 26.2 Å². The van der Waals surface area contributed by atoms with E-state index in [0.29, 0.717) is 31.7 Å². The monoisotopic (exact) mass is 336 g/mol. The van der Waals surface area contributed by atoms with Crippen molar-refractivity contribution in [2.24, 2.45) is 0 Å². The van der Waals surface area contributed by atoms with Gasteiger partial charge < -0.3 is 14.9 Å². The number of carboxylic acid groups (broad SMARTS) is 1. The Morgan fingerprint density at radius 2 is 1.58 bits per heavy atom. The SMILES string of the molecule is CC(=O)N1CCN(C(=O)C[C@H](CC(=O)O)c2ccc(F)cc2)CC1. The summed E-state index contributed by atoms with van der Waals surface area (Å²) >= 11 is 0. The quantitative estimate of drug-likeness (QED) is 0.883. The number of carbonyl (C=O) groups excluding carboxylic acids is 2. The van der Waals surface area contributed by atoms with Crippen LogP contribution < -0.4 is 0 Å². The van der Waals surface area contributed by atoms with Gasteiger partial charge in [0.2, 0.25) is 11.8 Å². The smallest absolute Gasteiger partial charge is 0.303 e. The second-order valence-corrected chi connectivity index (χ2v) is 5.94. The molecule has 1 aromatic rings. The molecule has 6 nitrogen and oxygen atoms in total. The number of nitrogens with zero attached hydrogens (tertiary/aromatic N) is 2. The number of hydrogen-bond donors (Lipinski definition) is 1. The summed E-state index contributed by atoms with van der Waals surface area (Å²) in [5, 5.41) is 9.08. The fourth-order valence-electron chi connectivity index (χ4n) is 2.86. The highest BCUT2D eigenvalue weighted by Gasteiger charge is 2.26. The molecule has 24 heavy (non-hydrogen) atoms. The maximum atomic E-state index is 13.0. The molecular formula is C17H21FN2O4. The molecule has 0 aliphatic carbocycles. The Bertz CT molecular complexity index is 610. The lowest BCUT2D eigenvalue weighted by molar-refractivity contribution is -0.140. The first kappa shape index (κ1) is 17.9. The number of benzene rings is 1. The van der Waals surface area contributed by atoms with E-state index in [-0.39, 0.29) is 24.7 Å². The van der Waals surface area contributed by atoms with Crippen molar-refractivity contribution in [3.8, 4) is 0 Å². The molecule has 2 amide bonds. The van der Waals surface area contributed by atoms with Crippen LogP contribution in [0.25, 0.3) is 0 Å². The first-order valence-electron chi connectivity index (χ1n) is 7.87. The van der Waals surface area contributed by atoms with Crippen LogP contribution in [0.2, 0.25) is 0 Å². The average molecular weight is 336 g/mol. The molecule has 1 heterocycles. The average Bonchev–Trinajstić information content (AvgIpc) is 2.54. The highest BCUT2D eigenvalue weighted by molar-refractivity contribution is 5.79. The number of carboxylic acids is 1. The third-order valence-electron chi connectivity index (χ3n) is 4.26. The molecule has 1 fully saturated rings. The standard InChI is InChI=1S/C17H21FN2O4/c1-12(21)19-6-8-20(9-7-19)16(22)10-14(11-17(23)24)13-2-4-15(18)5-3-13/h2-5,14H,6-11H2,1H3,(H,23,24)/t14-/m1/s1. The molecule has 0 bridgehead atoms. The molecule has 2 rings (SSSR count). The molecule has 1 N–H and O–H groups in total. The highest BCUT2D eigenvalue weighted by Crippen LogP contribution is 2.25. The van der Waals surface area contributed by atoms with E-state index < -0.39 is 17.7 Å². The third-order valence-corrected chi connectivity index (χ3v) is 4.26. The predicted octanol–water partition coefficient (Wildman–Crippen LogP) is 1.46. The van der Waals surface area contributed by atoms with E-state index in [1.807, 2.05) is 0 Å². The number of piperazine rings is 1. The molecule has 0 aromatic heterocycles. The summed E-state index contributed by atoms with van der Waals surface area (Å²) in [6.45, 7) is 3.36. The van der Waals surface area contributed by atoms with Gasteiger partial charge in [0.05, 0.1) is 6.42 Å². The molecule has 130 valence electrons. The van der Waals surface area contributed by atoms with E-state index in [1.54, 1.807) is 9.80 Å². The fraction of sp³-hybridized carbons (Fsp3) is 0.471. The van der Waals surface area contributed by atoms with E-state index in [9.17, 15) is 18.8 Å². The lowest BCUT2D eigenvalue weighted by atomic mass is 9.92. The van der Waals surface area contributed by atoms with Crippen LogP contribution in [0.5, 0.6) is 0 Å². The van der Waals surface area contributed by atoms with Crippen molar-refractivity contribution in [3.05, 3.63) is 35.6 Å². The number of aliphatic carboxylic acids is 1. The zero-order chi connectivity index (χ0) is 17.7. The Morgan fingerprint density at radius 1 is 1.04 bits per heavy atom. The van der Waals surface area contributed by atoms with Gasteiger partial charge in [0.25, 0.3) is 0 Å². The predicted molar refractivity (Wildman–Crippen MR) is 84.8 cm³/mol. The van der Waals surface area contributed by atoms with Crippen molar-refractivity contribution in [3.63, 3.8) is 0 Å². The van der Waals surface area contributed by atoms with Crippen LogP contribution in [0.3, 0.4) is 0 Å². The van der Waals surface area contributed by atoms with E-state index in [1.165, 1.54) is 31.2 Å². The molecule has 7 heteroatoms. The van der Waals surface area contributed by atoms with Gasteiger partial charge >= 0.3 is 5.97 Å². The topological polar surface area (TPSA) is 77.9 Å². The van der Waals surface area contributed by atoms with E-state index >= 15 is 0 Å². The van der Waals surface area contributed by atoms with E-state index in [0.717, 1.165) is 0 Å². The van der Waals surface area contributed by atoms with Crippen molar-refractivity contribution in [1.29, 1.82) is 0 Å². The molecular weight excluding hydrogens is 315 g/mol. The number of hydrogen-bond acceptors (Lipinski definition) is 3. The summed E-state index contributed by atoms with van der Waals surface area (Å²) in [6.07, 6.45) is -0.136. The lowest BCUT2D eigenvalue weighted by Gasteiger charge is -2.35. The molecule has 1 saturated heterocycles. The molecule has 0 radical (unpaired) electrons. The normalized spacial score (nSPS) is 15.9. The molecule has 1 aliphatic rings. The van der Waals surface area contributed by atoms with E-state index in [2.05, 4.69) is 0 Å². The van der Waals surface area contributed by atoms with E-state index in [4.69, 9.17) is 5.11 Å². The van der Waals surface area contributed by atoms with Crippen LogP contribution in [0.15, 0.2) is 24.3 Å². The van der Waals surface area contributed by atoms with Crippen molar-refractivity contribution < 1.29 is 23.9 Å². The van der Waals surface area contributed by atoms with Gasteiger partial charge in [-0.05, 0) is 17.7 Å². The van der Waals surface area contributed by atoms with Gasteiger partial charge in [-0.25, -0.2) is 4.39 Å². The van der Waals surface area contributed by atoms with Gasteiger partial charge in [0.15, 0.2) is 0 Å². The Balaban J connectivity index is 2.01. The molecule has 1 aromatic carbocycles. The molecule has 1 atom stereocenters. The van der Waals surface area contributed by atoms with Gasteiger partial charge in [-0.1, -0.05) is 12.1 Å². The Kier molecular flexibility index (Phi) is 5.89.